The molecule has 0 spiro atoms. The Morgan fingerprint density at radius 2 is 2.28 bits per heavy atom. The van der Waals surface area contributed by atoms with Crippen LogP contribution >= 0.6 is 0 Å². The molecule has 9 heteroatoms. The molecular formula is C16H20N6O3. The summed E-state index contributed by atoms with van der Waals surface area (Å²) < 4.78 is 7.72. The van der Waals surface area contributed by atoms with Crippen molar-refractivity contribution in [3.63, 3.8) is 0 Å². The first-order chi connectivity index (χ1) is 12.0. The highest BCUT2D eigenvalue weighted by atomic mass is 16.5. The fourth-order valence-electron chi connectivity index (χ4n) is 3.63. The Bertz CT molecular complexity index is 873. The van der Waals surface area contributed by atoms with Gasteiger partial charge in [-0.25, -0.2) is 9.67 Å². The molecule has 0 aromatic carbocycles. The fourth-order valence-corrected chi connectivity index (χ4v) is 3.63. The van der Waals surface area contributed by atoms with Gasteiger partial charge in [-0.3, -0.25) is 9.59 Å². The van der Waals surface area contributed by atoms with Gasteiger partial charge in [0.2, 0.25) is 5.91 Å². The molecule has 4 rings (SSSR count). The number of H-pyrrole nitrogens is 1. The molecule has 132 valence electrons. The standard InChI is InChI=1S/C16H20N6O3/c1-9-12(16(24)19-10(2)18-9)5-15(23)21-4-3-14-13(7-21)22-11(8-25-14)6-17-20-22/h6,13-14H,3-5,7-8H2,1-2H3,(H,18,19,24)/t13-,14+/m0/s1. The van der Waals surface area contributed by atoms with Crippen LogP contribution in [-0.2, 0) is 22.6 Å². The number of aromatic amines is 1. The first kappa shape index (κ1) is 15.9. The summed E-state index contributed by atoms with van der Waals surface area (Å²) in [6, 6.07) is -0.0283. The fraction of sp³-hybridized carbons (Fsp3) is 0.562. The van der Waals surface area contributed by atoms with Gasteiger partial charge < -0.3 is 14.6 Å². The second-order valence-electron chi connectivity index (χ2n) is 6.61. The summed E-state index contributed by atoms with van der Waals surface area (Å²) in [5.74, 6) is 0.475. The summed E-state index contributed by atoms with van der Waals surface area (Å²) in [7, 11) is 0. The van der Waals surface area contributed by atoms with Gasteiger partial charge in [-0.15, -0.1) is 5.10 Å². The lowest BCUT2D eigenvalue weighted by Crippen LogP contribution is -2.50. The maximum absolute atomic E-state index is 12.7. The molecule has 2 aromatic rings. The topological polar surface area (TPSA) is 106 Å². The summed E-state index contributed by atoms with van der Waals surface area (Å²) in [5, 5.41) is 8.08. The van der Waals surface area contributed by atoms with Gasteiger partial charge in [-0.05, 0) is 20.3 Å². The van der Waals surface area contributed by atoms with Crippen molar-refractivity contribution in [3.8, 4) is 0 Å². The van der Waals surface area contributed by atoms with Crippen LogP contribution in [0.3, 0.4) is 0 Å². The highest BCUT2D eigenvalue weighted by Gasteiger charge is 2.37. The Balaban J connectivity index is 1.52. The molecule has 1 fully saturated rings. The van der Waals surface area contributed by atoms with Crippen LogP contribution in [0.25, 0.3) is 0 Å². The molecule has 2 aliphatic rings. The third-order valence-corrected chi connectivity index (χ3v) is 4.95. The van der Waals surface area contributed by atoms with Gasteiger partial charge in [0.25, 0.3) is 5.56 Å². The number of hydrogen-bond acceptors (Lipinski definition) is 6. The van der Waals surface area contributed by atoms with Gasteiger partial charge in [0.15, 0.2) is 0 Å². The normalized spacial score (nSPS) is 22.4. The van der Waals surface area contributed by atoms with Crippen LogP contribution in [0.15, 0.2) is 11.0 Å². The second kappa shape index (κ2) is 6.07. The first-order valence-electron chi connectivity index (χ1n) is 8.38. The molecule has 25 heavy (non-hydrogen) atoms. The van der Waals surface area contributed by atoms with Gasteiger partial charge >= 0.3 is 0 Å². The number of aromatic nitrogens is 5. The molecule has 0 aliphatic carbocycles. The number of hydrogen-bond donors (Lipinski definition) is 1. The third-order valence-electron chi connectivity index (χ3n) is 4.95. The van der Waals surface area contributed by atoms with Crippen molar-refractivity contribution in [2.45, 2.75) is 45.4 Å². The molecule has 9 nitrogen and oxygen atoms in total. The highest BCUT2D eigenvalue weighted by Crippen LogP contribution is 2.30. The minimum absolute atomic E-state index is 0.0283. The average molecular weight is 344 g/mol. The maximum Gasteiger partial charge on any atom is 0.254 e. The Kier molecular flexibility index (Phi) is 3.87. The van der Waals surface area contributed by atoms with E-state index in [-0.39, 0.29) is 30.0 Å². The average Bonchev–Trinajstić information content (AvgIpc) is 3.06. The number of fused-ring (bicyclic) bond motifs is 3. The lowest BCUT2D eigenvalue weighted by Gasteiger charge is -2.41. The number of ether oxygens (including phenoxy) is 1. The molecule has 2 atom stereocenters. The molecule has 0 unspecified atom stereocenters. The molecule has 0 saturated carbocycles. The molecule has 0 radical (unpaired) electrons. The largest absolute Gasteiger partial charge is 0.370 e. The minimum atomic E-state index is -0.243. The van der Waals surface area contributed by atoms with Crippen LogP contribution in [0, 0.1) is 13.8 Å². The smallest absolute Gasteiger partial charge is 0.254 e. The number of nitrogens with one attached hydrogen (secondary N) is 1. The van der Waals surface area contributed by atoms with E-state index in [1.165, 1.54) is 0 Å². The van der Waals surface area contributed by atoms with E-state index in [1.807, 2.05) is 4.68 Å². The Labute approximate surface area is 144 Å². The molecule has 0 bridgehead atoms. The Hall–Kier alpha value is -2.55. The van der Waals surface area contributed by atoms with Crippen LogP contribution in [-0.4, -0.2) is 55.0 Å². The van der Waals surface area contributed by atoms with Crippen molar-refractivity contribution in [1.82, 2.24) is 29.9 Å². The van der Waals surface area contributed by atoms with Gasteiger partial charge in [0.05, 0.1) is 37.1 Å². The van der Waals surface area contributed by atoms with Crippen LogP contribution in [0.1, 0.15) is 35.2 Å². The summed E-state index contributed by atoms with van der Waals surface area (Å²) >= 11 is 0. The first-order valence-corrected chi connectivity index (χ1v) is 8.38. The number of rotatable bonds is 2. The maximum atomic E-state index is 12.7. The zero-order chi connectivity index (χ0) is 17.6. The lowest BCUT2D eigenvalue weighted by atomic mass is 9.99. The number of likely N-dealkylation sites (tertiary alicyclic amines) is 1. The molecule has 4 heterocycles. The number of nitrogens with zero attached hydrogens (tertiary/aromatic N) is 5. The molecule has 2 aliphatic heterocycles. The van der Waals surface area contributed by atoms with Crippen molar-refractivity contribution < 1.29 is 9.53 Å². The van der Waals surface area contributed by atoms with Crippen molar-refractivity contribution in [2.75, 3.05) is 13.1 Å². The Morgan fingerprint density at radius 3 is 3.08 bits per heavy atom. The number of piperidine rings is 1. The van der Waals surface area contributed by atoms with Crippen molar-refractivity contribution in [3.05, 3.63) is 39.3 Å². The van der Waals surface area contributed by atoms with E-state index in [0.29, 0.717) is 36.8 Å². The van der Waals surface area contributed by atoms with E-state index in [4.69, 9.17) is 4.74 Å². The molecule has 1 amide bonds. The Morgan fingerprint density at radius 1 is 1.44 bits per heavy atom. The zero-order valence-corrected chi connectivity index (χ0v) is 14.2. The van der Waals surface area contributed by atoms with Crippen LogP contribution in [0.4, 0.5) is 0 Å². The highest BCUT2D eigenvalue weighted by molar-refractivity contribution is 5.79. The van der Waals surface area contributed by atoms with Gasteiger partial charge in [0, 0.05) is 24.3 Å². The number of carbonyl (C=O) groups excluding carboxylic acids is 1. The van der Waals surface area contributed by atoms with E-state index in [2.05, 4.69) is 20.3 Å². The third kappa shape index (κ3) is 2.84. The van der Waals surface area contributed by atoms with Gasteiger partial charge in [-0.2, -0.15) is 0 Å². The molecule has 2 aromatic heterocycles. The predicted molar refractivity (Wildman–Crippen MR) is 86.9 cm³/mol. The van der Waals surface area contributed by atoms with Crippen LogP contribution in [0.5, 0.6) is 0 Å². The SMILES string of the molecule is Cc1nc(C)c(CC(=O)N2CC[C@H]3OCc4cnnn4[C@H]3C2)c(=O)[nH]1. The predicted octanol–water partition coefficient (Wildman–Crippen LogP) is -0.107. The van der Waals surface area contributed by atoms with E-state index in [9.17, 15) is 9.59 Å². The van der Waals surface area contributed by atoms with Gasteiger partial charge in [-0.1, -0.05) is 5.21 Å². The number of amides is 1. The van der Waals surface area contributed by atoms with Crippen molar-refractivity contribution in [1.29, 1.82) is 0 Å². The monoisotopic (exact) mass is 344 g/mol. The lowest BCUT2D eigenvalue weighted by molar-refractivity contribution is -0.137. The molecule has 1 N–H and O–H groups in total. The van der Waals surface area contributed by atoms with Crippen LogP contribution in [0.2, 0.25) is 0 Å². The number of aryl methyl sites for hydroxylation is 2. The molecule has 1 saturated heterocycles. The van der Waals surface area contributed by atoms with E-state index >= 15 is 0 Å². The van der Waals surface area contributed by atoms with E-state index in [1.54, 1.807) is 24.9 Å². The summed E-state index contributed by atoms with van der Waals surface area (Å²) in [4.78, 5) is 33.6. The second-order valence-corrected chi connectivity index (χ2v) is 6.61. The van der Waals surface area contributed by atoms with Crippen molar-refractivity contribution in [2.24, 2.45) is 0 Å². The summed E-state index contributed by atoms with van der Waals surface area (Å²) in [6.07, 6.45) is 2.54. The van der Waals surface area contributed by atoms with Crippen molar-refractivity contribution >= 4 is 5.91 Å². The van der Waals surface area contributed by atoms with E-state index in [0.717, 1.165) is 12.1 Å². The molecular weight excluding hydrogens is 324 g/mol. The summed E-state index contributed by atoms with van der Waals surface area (Å²) in [6.45, 7) is 5.11. The van der Waals surface area contributed by atoms with Crippen LogP contribution < -0.4 is 5.56 Å². The minimum Gasteiger partial charge on any atom is -0.370 e. The zero-order valence-electron chi connectivity index (χ0n) is 14.2. The summed E-state index contributed by atoms with van der Waals surface area (Å²) in [5.41, 5.74) is 1.71. The number of carbonyl (C=O) groups is 1. The van der Waals surface area contributed by atoms with Gasteiger partial charge in [0.1, 0.15) is 5.82 Å². The van der Waals surface area contributed by atoms with E-state index < -0.39 is 0 Å². The quantitative estimate of drug-likeness (QED) is 0.815.